The summed E-state index contributed by atoms with van der Waals surface area (Å²) in [5.41, 5.74) is 1.70. The molecule has 1 saturated heterocycles. The maximum absolute atomic E-state index is 12.7. The molecule has 7 heteroatoms. The van der Waals surface area contributed by atoms with E-state index in [1.165, 1.54) is 0 Å². The van der Waals surface area contributed by atoms with Crippen molar-refractivity contribution in [3.63, 3.8) is 0 Å². The monoisotopic (exact) mass is 526 g/mol. The summed E-state index contributed by atoms with van der Waals surface area (Å²) in [5, 5.41) is 32.2. The normalized spacial score (nSPS) is 23.2. The highest BCUT2D eigenvalue weighted by Gasteiger charge is 2.48. The molecule has 1 aliphatic rings. The third-order valence-electron chi connectivity index (χ3n) is 6.92. The van der Waals surface area contributed by atoms with Gasteiger partial charge in [0, 0.05) is 0 Å². The molecule has 3 N–H and O–H groups in total. The van der Waals surface area contributed by atoms with Crippen molar-refractivity contribution in [2.45, 2.75) is 36.3 Å². The van der Waals surface area contributed by atoms with Crippen LogP contribution in [0.5, 0.6) is 0 Å². The zero-order valence-electron chi connectivity index (χ0n) is 21.1. The zero-order chi connectivity index (χ0) is 27.2. The molecule has 1 heterocycles. The molecule has 0 radical (unpaired) electrons. The van der Waals surface area contributed by atoms with E-state index >= 15 is 0 Å². The van der Waals surface area contributed by atoms with Crippen molar-refractivity contribution in [2.24, 2.45) is 0 Å². The van der Waals surface area contributed by atoms with Crippen LogP contribution in [0.2, 0.25) is 0 Å². The van der Waals surface area contributed by atoms with Gasteiger partial charge in [-0.25, -0.2) is 4.79 Å². The maximum Gasteiger partial charge on any atom is 0.338 e. The Morgan fingerprint density at radius 2 is 1.10 bits per heavy atom. The molecule has 4 aromatic rings. The summed E-state index contributed by atoms with van der Waals surface area (Å²) in [6, 6.07) is 37.3. The van der Waals surface area contributed by atoms with Crippen LogP contribution in [0.1, 0.15) is 27.0 Å². The second-order valence-electron chi connectivity index (χ2n) is 9.37. The van der Waals surface area contributed by atoms with Crippen LogP contribution in [0.4, 0.5) is 0 Å². The Bertz CT molecular complexity index is 1240. The summed E-state index contributed by atoms with van der Waals surface area (Å²) >= 11 is 0. The molecular formula is C32H30O7. The van der Waals surface area contributed by atoms with E-state index in [9.17, 15) is 20.1 Å². The largest absolute Gasteiger partial charge is 0.453 e. The number of carbonyl (C=O) groups excluding carboxylic acids is 1. The smallest absolute Gasteiger partial charge is 0.338 e. The number of aliphatic hydroxyl groups is 3. The number of ether oxygens (including phenoxy) is 3. The Hall–Kier alpha value is -3.85. The van der Waals surface area contributed by atoms with Crippen LogP contribution < -0.4 is 0 Å². The molecule has 0 amide bonds. The Kier molecular flexibility index (Phi) is 8.16. The van der Waals surface area contributed by atoms with Crippen molar-refractivity contribution >= 4 is 5.97 Å². The number of esters is 1. The quantitative estimate of drug-likeness (QED) is 0.238. The molecule has 5 atom stereocenters. The average molecular weight is 527 g/mol. The van der Waals surface area contributed by atoms with E-state index in [1.807, 2.05) is 91.0 Å². The molecule has 7 nitrogen and oxygen atoms in total. The number of hydrogen-bond donors (Lipinski definition) is 3. The minimum atomic E-state index is -1.70. The van der Waals surface area contributed by atoms with Crippen molar-refractivity contribution in [3.05, 3.63) is 144 Å². The van der Waals surface area contributed by atoms with Gasteiger partial charge in [0.05, 0.1) is 12.2 Å². The van der Waals surface area contributed by atoms with E-state index in [4.69, 9.17) is 14.2 Å². The first-order valence-electron chi connectivity index (χ1n) is 12.8. The lowest BCUT2D eigenvalue weighted by Crippen LogP contribution is -2.60. The van der Waals surface area contributed by atoms with Crippen LogP contribution in [0.3, 0.4) is 0 Å². The van der Waals surface area contributed by atoms with Crippen molar-refractivity contribution in [3.8, 4) is 0 Å². The lowest BCUT2D eigenvalue weighted by atomic mass is 9.80. The van der Waals surface area contributed by atoms with Gasteiger partial charge in [-0.2, -0.15) is 0 Å². The van der Waals surface area contributed by atoms with Crippen LogP contribution in [0, 0.1) is 0 Å². The van der Waals surface area contributed by atoms with Gasteiger partial charge in [-0.05, 0) is 28.8 Å². The number of benzene rings is 4. The van der Waals surface area contributed by atoms with Crippen molar-refractivity contribution < 1.29 is 34.3 Å². The van der Waals surface area contributed by atoms with Crippen molar-refractivity contribution in [2.75, 3.05) is 6.61 Å². The zero-order valence-corrected chi connectivity index (χ0v) is 21.1. The molecule has 0 spiro atoms. The van der Waals surface area contributed by atoms with Gasteiger partial charge in [-0.3, -0.25) is 0 Å². The molecule has 39 heavy (non-hydrogen) atoms. The summed E-state index contributed by atoms with van der Waals surface area (Å²) in [4.78, 5) is 12.7. The third kappa shape index (κ3) is 5.49. The second kappa shape index (κ2) is 11.9. The van der Waals surface area contributed by atoms with Gasteiger partial charge in [0.15, 0.2) is 12.4 Å². The summed E-state index contributed by atoms with van der Waals surface area (Å²) in [6.07, 6.45) is -7.38. The first-order valence-corrected chi connectivity index (χ1v) is 12.8. The summed E-state index contributed by atoms with van der Waals surface area (Å²) < 4.78 is 17.7. The Morgan fingerprint density at radius 1 is 0.667 bits per heavy atom. The SMILES string of the molecule is O=C(O[C@@H]1[C@H](O)[C@@H](O)O[C@H](COC(c2ccccc2)(c2ccccc2)c2ccccc2)[C@H]1O)c1ccccc1. The standard InChI is InChI=1S/C32H30O7/c33-27-26(38-31(36)28(34)29(27)39-30(35)22-13-5-1-6-14-22)21-37-32(23-15-7-2-8-16-23,24-17-9-3-10-18-24)25-19-11-4-12-20-25/h1-20,26-29,31,33-34,36H,21H2/t26-,27-,28+,29+,31+/m1/s1. The van der Waals surface area contributed by atoms with E-state index in [-0.39, 0.29) is 12.2 Å². The van der Waals surface area contributed by atoms with Gasteiger partial charge in [0.25, 0.3) is 0 Å². The van der Waals surface area contributed by atoms with Crippen LogP contribution in [-0.4, -0.2) is 58.6 Å². The fourth-order valence-corrected chi connectivity index (χ4v) is 4.93. The lowest BCUT2D eigenvalue weighted by molar-refractivity contribution is -0.291. The molecular weight excluding hydrogens is 496 g/mol. The van der Waals surface area contributed by atoms with E-state index < -0.39 is 42.3 Å². The number of hydrogen-bond acceptors (Lipinski definition) is 7. The number of carbonyl (C=O) groups is 1. The lowest BCUT2D eigenvalue weighted by Gasteiger charge is -2.42. The molecule has 0 aliphatic carbocycles. The number of rotatable bonds is 8. The van der Waals surface area contributed by atoms with E-state index in [1.54, 1.807) is 30.3 Å². The molecule has 0 saturated carbocycles. The van der Waals surface area contributed by atoms with Gasteiger partial charge < -0.3 is 29.5 Å². The maximum atomic E-state index is 12.7. The minimum absolute atomic E-state index is 0.191. The highest BCUT2D eigenvalue weighted by Crippen LogP contribution is 2.41. The van der Waals surface area contributed by atoms with Crippen molar-refractivity contribution in [1.29, 1.82) is 0 Å². The van der Waals surface area contributed by atoms with Crippen LogP contribution in [0.15, 0.2) is 121 Å². The van der Waals surface area contributed by atoms with Gasteiger partial charge in [-0.1, -0.05) is 109 Å². The molecule has 0 unspecified atom stereocenters. The Labute approximate surface area is 226 Å². The molecule has 1 aliphatic heterocycles. The minimum Gasteiger partial charge on any atom is -0.453 e. The Balaban J connectivity index is 1.47. The first kappa shape index (κ1) is 26.7. The fourth-order valence-electron chi connectivity index (χ4n) is 4.93. The highest BCUT2D eigenvalue weighted by atomic mass is 16.7. The van der Waals surface area contributed by atoms with Gasteiger partial charge in [0.2, 0.25) is 0 Å². The van der Waals surface area contributed by atoms with Gasteiger partial charge >= 0.3 is 5.97 Å². The van der Waals surface area contributed by atoms with E-state index in [2.05, 4.69) is 0 Å². The second-order valence-corrected chi connectivity index (χ2v) is 9.37. The molecule has 4 aromatic carbocycles. The highest BCUT2D eigenvalue weighted by molar-refractivity contribution is 5.89. The summed E-state index contributed by atoms with van der Waals surface area (Å²) in [6.45, 7) is -0.191. The third-order valence-corrected chi connectivity index (χ3v) is 6.92. The predicted molar refractivity (Wildman–Crippen MR) is 144 cm³/mol. The molecule has 0 bridgehead atoms. The molecule has 0 aromatic heterocycles. The predicted octanol–water partition coefficient (Wildman–Crippen LogP) is 3.66. The van der Waals surface area contributed by atoms with E-state index in [0.717, 1.165) is 16.7 Å². The average Bonchev–Trinajstić information content (AvgIpc) is 3.00. The fraction of sp³-hybridized carbons (Fsp3) is 0.219. The first-order chi connectivity index (χ1) is 19.0. The Morgan fingerprint density at radius 3 is 1.56 bits per heavy atom. The summed E-state index contributed by atoms with van der Waals surface area (Å²) in [7, 11) is 0. The molecule has 200 valence electrons. The summed E-state index contributed by atoms with van der Waals surface area (Å²) in [5.74, 6) is -0.736. The molecule has 5 rings (SSSR count). The van der Waals surface area contributed by atoms with Crippen molar-refractivity contribution in [1.82, 2.24) is 0 Å². The van der Waals surface area contributed by atoms with Gasteiger partial charge in [-0.15, -0.1) is 0 Å². The van der Waals surface area contributed by atoms with Crippen LogP contribution in [0.25, 0.3) is 0 Å². The van der Waals surface area contributed by atoms with Crippen LogP contribution >= 0.6 is 0 Å². The van der Waals surface area contributed by atoms with Crippen LogP contribution in [-0.2, 0) is 19.8 Å². The molecule has 1 fully saturated rings. The van der Waals surface area contributed by atoms with Gasteiger partial charge in [0.1, 0.15) is 23.9 Å². The van der Waals surface area contributed by atoms with E-state index in [0.29, 0.717) is 0 Å². The number of aliphatic hydroxyl groups excluding tert-OH is 3. The topological polar surface area (TPSA) is 105 Å².